The molecule has 1 aliphatic rings. The van der Waals surface area contributed by atoms with Crippen LogP contribution in [0, 0.1) is 6.20 Å². The zero-order valence-electron chi connectivity index (χ0n) is 5.30. The lowest BCUT2D eigenvalue weighted by Gasteiger charge is -2.14. The Hall–Kier alpha value is -0.640. The third-order valence-corrected chi connectivity index (χ3v) is 1.36. The molecule has 1 aliphatic heterocycles. The van der Waals surface area contributed by atoms with Gasteiger partial charge < -0.3 is 5.32 Å². The normalized spacial score (nSPS) is 18.5. The van der Waals surface area contributed by atoms with Crippen molar-refractivity contribution in [1.82, 2.24) is 5.32 Å². The van der Waals surface area contributed by atoms with Crippen molar-refractivity contribution in [3.05, 3.63) is 22.9 Å². The molecule has 0 amide bonds. The lowest BCUT2D eigenvalue weighted by Crippen LogP contribution is -2.25. The summed E-state index contributed by atoms with van der Waals surface area (Å²) in [5.41, 5.74) is -0.679. The highest BCUT2D eigenvalue weighted by molar-refractivity contribution is 6.31. The summed E-state index contributed by atoms with van der Waals surface area (Å²) in [6.45, 7) is -0.264. The van der Waals surface area contributed by atoms with Gasteiger partial charge in [-0.2, -0.15) is 13.2 Å². The van der Waals surface area contributed by atoms with Gasteiger partial charge in [0.15, 0.2) is 0 Å². The van der Waals surface area contributed by atoms with Crippen LogP contribution in [-0.2, 0) is 0 Å². The quantitative estimate of drug-likeness (QED) is 0.604. The first-order valence-electron chi connectivity index (χ1n) is 2.79. The van der Waals surface area contributed by atoms with Crippen LogP contribution in [-0.4, -0.2) is 12.7 Å². The molecule has 0 aromatic rings. The van der Waals surface area contributed by atoms with Crippen molar-refractivity contribution in [3.8, 4) is 0 Å². The molecule has 0 saturated carbocycles. The van der Waals surface area contributed by atoms with E-state index in [1.54, 1.807) is 0 Å². The van der Waals surface area contributed by atoms with Gasteiger partial charge >= 0.3 is 6.18 Å². The SMILES string of the molecule is FC(F)(F)C1=CC(Cl)=[C]NC1. The van der Waals surface area contributed by atoms with Crippen molar-refractivity contribution in [1.29, 1.82) is 0 Å². The number of rotatable bonds is 0. The Morgan fingerprint density at radius 2 is 2.18 bits per heavy atom. The van der Waals surface area contributed by atoms with E-state index in [1.165, 1.54) is 0 Å². The van der Waals surface area contributed by atoms with Gasteiger partial charge in [-0.15, -0.1) is 0 Å². The lowest BCUT2D eigenvalue weighted by atomic mass is 10.2. The topological polar surface area (TPSA) is 12.0 Å². The lowest BCUT2D eigenvalue weighted by molar-refractivity contribution is -0.0929. The van der Waals surface area contributed by atoms with Crippen molar-refractivity contribution in [3.63, 3.8) is 0 Å². The zero-order chi connectivity index (χ0) is 8.48. The molecule has 11 heavy (non-hydrogen) atoms. The van der Waals surface area contributed by atoms with Crippen molar-refractivity contribution in [2.24, 2.45) is 0 Å². The molecular weight excluding hydrogens is 179 g/mol. The van der Waals surface area contributed by atoms with Crippen LogP contribution in [0.4, 0.5) is 13.2 Å². The van der Waals surface area contributed by atoms with Crippen LogP contribution >= 0.6 is 11.6 Å². The number of hydrogen-bond donors (Lipinski definition) is 1. The van der Waals surface area contributed by atoms with Gasteiger partial charge in [0, 0.05) is 6.54 Å². The number of allylic oxidation sites excluding steroid dienone is 2. The second-order valence-electron chi connectivity index (χ2n) is 1.99. The summed E-state index contributed by atoms with van der Waals surface area (Å²) < 4.78 is 35.7. The average Bonchev–Trinajstić information content (AvgIpc) is 1.86. The minimum Gasteiger partial charge on any atom is -0.378 e. The van der Waals surface area contributed by atoms with E-state index >= 15 is 0 Å². The molecule has 61 valence electrons. The number of dihydropyridines is 1. The highest BCUT2D eigenvalue weighted by Gasteiger charge is 2.33. The molecule has 1 heterocycles. The Balaban J connectivity index is 2.82. The predicted molar refractivity (Wildman–Crippen MR) is 34.7 cm³/mol. The molecule has 0 aromatic heterocycles. The number of nitrogens with one attached hydrogen (secondary N) is 1. The Bertz CT molecular complexity index is 216. The number of hydrogen-bond acceptors (Lipinski definition) is 1. The Kier molecular flexibility index (Phi) is 2.13. The molecule has 0 unspecified atom stereocenters. The maximum absolute atomic E-state index is 11.9. The van der Waals surface area contributed by atoms with Crippen molar-refractivity contribution < 1.29 is 13.2 Å². The number of halogens is 4. The van der Waals surface area contributed by atoms with E-state index in [0.29, 0.717) is 0 Å². The van der Waals surface area contributed by atoms with E-state index in [-0.39, 0.29) is 11.6 Å². The van der Waals surface area contributed by atoms with E-state index in [1.807, 2.05) is 0 Å². The standard InChI is InChI=1S/C6H4ClF3N/c7-5-1-4(2-11-3-5)6(8,9)10/h1,11H,2H2. The van der Waals surface area contributed by atoms with Gasteiger partial charge in [-0.25, -0.2) is 0 Å². The first kappa shape index (κ1) is 8.46. The maximum atomic E-state index is 11.9. The van der Waals surface area contributed by atoms with Crippen molar-refractivity contribution >= 4 is 11.6 Å². The second-order valence-corrected chi connectivity index (χ2v) is 2.40. The van der Waals surface area contributed by atoms with Crippen LogP contribution in [0.3, 0.4) is 0 Å². The monoisotopic (exact) mass is 182 g/mol. The molecule has 0 aromatic carbocycles. The first-order chi connectivity index (χ1) is 5.00. The summed E-state index contributed by atoms with van der Waals surface area (Å²) in [4.78, 5) is 0. The van der Waals surface area contributed by atoms with Crippen LogP contribution in [0.2, 0.25) is 0 Å². The average molecular weight is 183 g/mol. The minimum absolute atomic E-state index is 0.0522. The molecule has 0 spiro atoms. The van der Waals surface area contributed by atoms with E-state index in [9.17, 15) is 13.2 Å². The van der Waals surface area contributed by atoms with Crippen LogP contribution in [0.15, 0.2) is 16.7 Å². The van der Waals surface area contributed by atoms with E-state index < -0.39 is 11.7 Å². The molecule has 1 N–H and O–H groups in total. The van der Waals surface area contributed by atoms with Crippen molar-refractivity contribution in [2.45, 2.75) is 6.18 Å². The van der Waals surface area contributed by atoms with Gasteiger partial charge in [-0.1, -0.05) is 11.6 Å². The van der Waals surface area contributed by atoms with Crippen LogP contribution in [0.25, 0.3) is 0 Å². The van der Waals surface area contributed by atoms with Crippen LogP contribution in [0.1, 0.15) is 0 Å². The largest absolute Gasteiger partial charge is 0.414 e. The highest BCUT2D eigenvalue weighted by atomic mass is 35.5. The molecular formula is C6H4ClF3N. The summed E-state index contributed by atoms with van der Waals surface area (Å²) in [6.07, 6.45) is -1.10. The number of alkyl halides is 3. The molecule has 5 heteroatoms. The molecule has 0 atom stereocenters. The first-order valence-corrected chi connectivity index (χ1v) is 3.17. The van der Waals surface area contributed by atoms with Gasteiger partial charge in [0.05, 0.1) is 16.8 Å². The fourth-order valence-electron chi connectivity index (χ4n) is 0.646. The predicted octanol–water partition coefficient (Wildman–Crippen LogP) is 1.96. The maximum Gasteiger partial charge on any atom is 0.414 e. The smallest absolute Gasteiger partial charge is 0.378 e. The highest BCUT2D eigenvalue weighted by Crippen LogP contribution is 2.27. The molecule has 1 radical (unpaired) electrons. The summed E-state index contributed by atoms with van der Waals surface area (Å²) in [5.74, 6) is 0. The van der Waals surface area contributed by atoms with Gasteiger partial charge in [0.1, 0.15) is 0 Å². The zero-order valence-corrected chi connectivity index (χ0v) is 6.05. The Labute approximate surface area is 66.5 Å². The van der Waals surface area contributed by atoms with Crippen LogP contribution < -0.4 is 5.32 Å². The Morgan fingerprint density at radius 1 is 1.55 bits per heavy atom. The molecule has 0 aliphatic carbocycles. The van der Waals surface area contributed by atoms with Gasteiger partial charge in [0.2, 0.25) is 0 Å². The summed E-state index contributed by atoms with van der Waals surface area (Å²) in [6, 6.07) is 0. The van der Waals surface area contributed by atoms with Crippen LogP contribution in [0.5, 0.6) is 0 Å². The second kappa shape index (κ2) is 2.77. The van der Waals surface area contributed by atoms with E-state index in [4.69, 9.17) is 11.6 Å². The summed E-state index contributed by atoms with van der Waals surface area (Å²) in [5, 5.41) is 2.23. The van der Waals surface area contributed by atoms with Gasteiger partial charge in [0.25, 0.3) is 0 Å². The third kappa shape index (κ3) is 2.15. The van der Waals surface area contributed by atoms with Crippen molar-refractivity contribution in [2.75, 3.05) is 6.54 Å². The Morgan fingerprint density at radius 3 is 2.55 bits per heavy atom. The molecule has 1 rings (SSSR count). The molecule has 0 fully saturated rings. The summed E-state index contributed by atoms with van der Waals surface area (Å²) in [7, 11) is 0. The minimum atomic E-state index is -4.30. The molecule has 1 nitrogen and oxygen atoms in total. The third-order valence-electron chi connectivity index (χ3n) is 1.15. The van der Waals surface area contributed by atoms with Gasteiger partial charge in [-0.05, 0) is 6.08 Å². The molecule has 0 saturated heterocycles. The summed E-state index contributed by atoms with van der Waals surface area (Å²) >= 11 is 5.28. The van der Waals surface area contributed by atoms with E-state index in [2.05, 4.69) is 11.5 Å². The molecule has 0 bridgehead atoms. The fraction of sp³-hybridized carbons (Fsp3) is 0.333. The van der Waals surface area contributed by atoms with Gasteiger partial charge in [-0.3, -0.25) is 0 Å². The fourth-order valence-corrected chi connectivity index (χ4v) is 0.845. The van der Waals surface area contributed by atoms with E-state index in [0.717, 1.165) is 6.08 Å².